The average Bonchev–Trinajstić information content (AvgIpc) is 3.22. The van der Waals surface area contributed by atoms with Crippen LogP contribution in [0.1, 0.15) is 22.3 Å². The van der Waals surface area contributed by atoms with Crippen LogP contribution >= 0.6 is 11.3 Å². The molecular weight excluding hydrogens is 410 g/mol. The number of benzene rings is 2. The molecule has 4 rings (SSSR count). The van der Waals surface area contributed by atoms with Crippen LogP contribution in [0.25, 0.3) is 15.9 Å². The zero-order chi connectivity index (χ0) is 22.3. The van der Waals surface area contributed by atoms with E-state index in [1.165, 1.54) is 20.5 Å². The van der Waals surface area contributed by atoms with Gasteiger partial charge in [-0.05, 0) is 73.5 Å². The number of nitrogens with zero attached hydrogens (tertiary/aromatic N) is 2. The van der Waals surface area contributed by atoms with Crippen molar-refractivity contribution in [1.29, 1.82) is 0 Å². The molecule has 0 aliphatic heterocycles. The third-order valence-corrected chi connectivity index (χ3v) is 6.64. The molecule has 158 valence electrons. The van der Waals surface area contributed by atoms with E-state index in [0.717, 1.165) is 22.3 Å². The second-order valence-corrected chi connectivity index (χ2v) is 8.58. The minimum absolute atomic E-state index is 0.190. The van der Waals surface area contributed by atoms with E-state index in [0.29, 0.717) is 21.6 Å². The van der Waals surface area contributed by atoms with Crippen LogP contribution in [0.2, 0.25) is 0 Å². The first kappa shape index (κ1) is 20.8. The summed E-state index contributed by atoms with van der Waals surface area (Å²) < 4.78 is 2.99. The van der Waals surface area contributed by atoms with Crippen LogP contribution in [-0.2, 0) is 11.3 Å². The van der Waals surface area contributed by atoms with Crippen molar-refractivity contribution in [2.75, 3.05) is 5.32 Å². The van der Waals surface area contributed by atoms with E-state index in [1.54, 1.807) is 17.5 Å². The molecule has 1 N–H and O–H groups in total. The van der Waals surface area contributed by atoms with Gasteiger partial charge in [0, 0.05) is 5.69 Å². The quantitative estimate of drug-likeness (QED) is 0.527. The number of hydrogen-bond acceptors (Lipinski definition) is 4. The van der Waals surface area contributed by atoms with Crippen LogP contribution in [-0.4, -0.2) is 15.0 Å². The van der Waals surface area contributed by atoms with Crippen LogP contribution in [0, 0.1) is 27.7 Å². The number of amides is 1. The average molecular weight is 434 g/mol. The summed E-state index contributed by atoms with van der Waals surface area (Å²) in [7, 11) is 0. The Kier molecular flexibility index (Phi) is 5.37. The van der Waals surface area contributed by atoms with E-state index in [9.17, 15) is 14.4 Å². The van der Waals surface area contributed by atoms with E-state index in [1.807, 2.05) is 58.0 Å². The monoisotopic (exact) mass is 433 g/mol. The third-order valence-electron chi connectivity index (χ3n) is 5.75. The molecule has 2 aromatic heterocycles. The second-order valence-electron chi connectivity index (χ2n) is 7.66. The van der Waals surface area contributed by atoms with Crippen LogP contribution in [0.4, 0.5) is 5.69 Å². The largest absolute Gasteiger partial charge is 0.336 e. The molecule has 0 aliphatic carbocycles. The van der Waals surface area contributed by atoms with Crippen molar-refractivity contribution in [3.63, 3.8) is 0 Å². The van der Waals surface area contributed by atoms with Crippen molar-refractivity contribution in [2.45, 2.75) is 34.2 Å². The number of aryl methyl sites for hydroxylation is 2. The smallest absolute Gasteiger partial charge is 0.324 e. The summed E-state index contributed by atoms with van der Waals surface area (Å²) in [5.74, 6) is -0.325. The summed E-state index contributed by atoms with van der Waals surface area (Å²) in [6, 6.07) is 12.9. The summed E-state index contributed by atoms with van der Waals surface area (Å²) in [6.45, 7) is 7.54. The van der Waals surface area contributed by atoms with Gasteiger partial charge in [0.1, 0.15) is 11.2 Å². The van der Waals surface area contributed by atoms with Crippen molar-refractivity contribution < 1.29 is 4.79 Å². The Balaban J connectivity index is 1.83. The maximum atomic E-state index is 13.4. The van der Waals surface area contributed by atoms with Crippen LogP contribution in [0.3, 0.4) is 0 Å². The maximum absolute atomic E-state index is 13.4. The number of aromatic nitrogens is 2. The molecule has 2 aromatic carbocycles. The fourth-order valence-corrected chi connectivity index (χ4v) is 4.47. The van der Waals surface area contributed by atoms with Crippen LogP contribution in [0.5, 0.6) is 0 Å². The normalized spacial score (nSPS) is 11.1. The van der Waals surface area contributed by atoms with Crippen LogP contribution in [0.15, 0.2) is 57.4 Å². The van der Waals surface area contributed by atoms with Gasteiger partial charge in [-0.15, -0.1) is 11.3 Å². The van der Waals surface area contributed by atoms with Gasteiger partial charge in [0.15, 0.2) is 0 Å². The Hall–Kier alpha value is -3.45. The number of rotatable bonds is 4. The molecule has 6 nitrogen and oxygen atoms in total. The van der Waals surface area contributed by atoms with Gasteiger partial charge >= 0.3 is 5.69 Å². The molecule has 0 unspecified atom stereocenters. The number of nitrogens with one attached hydrogen (secondary N) is 1. The lowest BCUT2D eigenvalue weighted by Gasteiger charge is -2.15. The molecule has 1 amide bonds. The van der Waals surface area contributed by atoms with Gasteiger partial charge < -0.3 is 5.32 Å². The van der Waals surface area contributed by atoms with E-state index < -0.39 is 5.69 Å². The summed E-state index contributed by atoms with van der Waals surface area (Å²) in [4.78, 5) is 39.4. The zero-order valence-corrected chi connectivity index (χ0v) is 18.7. The fraction of sp³-hybridized carbons (Fsp3) is 0.208. The van der Waals surface area contributed by atoms with Gasteiger partial charge in [-0.3, -0.25) is 14.2 Å². The first-order valence-corrected chi connectivity index (χ1v) is 10.8. The fourth-order valence-electron chi connectivity index (χ4n) is 3.65. The number of hydrogen-bond donors (Lipinski definition) is 1. The number of anilines is 1. The summed E-state index contributed by atoms with van der Waals surface area (Å²) in [6.07, 6.45) is 0. The van der Waals surface area contributed by atoms with Gasteiger partial charge in [0.2, 0.25) is 5.91 Å². The molecule has 31 heavy (non-hydrogen) atoms. The molecule has 0 atom stereocenters. The highest BCUT2D eigenvalue weighted by Crippen LogP contribution is 2.20. The summed E-state index contributed by atoms with van der Waals surface area (Å²) in [5, 5.41) is 4.66. The van der Waals surface area contributed by atoms with E-state index in [4.69, 9.17) is 0 Å². The first-order valence-electron chi connectivity index (χ1n) is 9.95. The van der Waals surface area contributed by atoms with Gasteiger partial charge in [-0.2, -0.15) is 0 Å². The Morgan fingerprint density at radius 3 is 2.35 bits per heavy atom. The molecular formula is C24H23N3O3S. The maximum Gasteiger partial charge on any atom is 0.336 e. The highest BCUT2D eigenvalue weighted by atomic mass is 32.1. The SMILES string of the molecule is Cc1cccc(NC(=O)Cn2c(=O)n(-c3cccc(C)c3C)c(=O)c3sccc32)c1C. The van der Waals surface area contributed by atoms with Gasteiger partial charge in [0.25, 0.3) is 5.56 Å². The molecule has 0 fully saturated rings. The first-order chi connectivity index (χ1) is 14.8. The number of thiophene rings is 1. The Labute approximate surface area is 183 Å². The lowest BCUT2D eigenvalue weighted by molar-refractivity contribution is -0.116. The van der Waals surface area contributed by atoms with Gasteiger partial charge in [-0.25, -0.2) is 9.36 Å². The molecule has 0 aliphatic rings. The molecule has 0 bridgehead atoms. The zero-order valence-electron chi connectivity index (χ0n) is 17.9. The lowest BCUT2D eigenvalue weighted by atomic mass is 10.1. The van der Waals surface area contributed by atoms with Crippen molar-refractivity contribution in [1.82, 2.24) is 9.13 Å². The van der Waals surface area contributed by atoms with E-state index in [2.05, 4.69) is 5.32 Å². The number of carbonyl (C=O) groups is 1. The van der Waals surface area contributed by atoms with Gasteiger partial charge in [0.05, 0.1) is 11.2 Å². The highest BCUT2D eigenvalue weighted by molar-refractivity contribution is 7.17. The molecule has 0 spiro atoms. The number of fused-ring (bicyclic) bond motifs is 1. The Morgan fingerprint density at radius 1 is 0.935 bits per heavy atom. The highest BCUT2D eigenvalue weighted by Gasteiger charge is 2.19. The summed E-state index contributed by atoms with van der Waals surface area (Å²) >= 11 is 1.27. The van der Waals surface area contributed by atoms with Gasteiger partial charge in [-0.1, -0.05) is 24.3 Å². The molecule has 7 heteroatoms. The second kappa shape index (κ2) is 8.00. The minimum atomic E-state index is -0.527. The molecule has 0 saturated carbocycles. The standard InChI is InChI=1S/C24H23N3O3S/c1-14-7-5-9-18(16(14)3)25-21(28)13-26-20-11-12-31-22(20)23(29)27(24(26)30)19-10-6-8-15(2)17(19)4/h5-12H,13H2,1-4H3,(H,25,28). The molecule has 0 radical (unpaired) electrons. The lowest BCUT2D eigenvalue weighted by Crippen LogP contribution is -2.40. The Bertz CT molecular complexity index is 1440. The molecule has 4 aromatic rings. The Morgan fingerprint density at radius 2 is 1.61 bits per heavy atom. The van der Waals surface area contributed by atoms with Crippen molar-refractivity contribution in [2.24, 2.45) is 0 Å². The van der Waals surface area contributed by atoms with Crippen molar-refractivity contribution in [3.8, 4) is 5.69 Å². The summed E-state index contributed by atoms with van der Waals surface area (Å²) in [5.41, 5.74) is 4.70. The topological polar surface area (TPSA) is 73.1 Å². The van der Waals surface area contributed by atoms with Crippen LogP contribution < -0.4 is 16.6 Å². The molecule has 0 saturated heterocycles. The predicted octanol–water partition coefficient (Wildman–Crippen LogP) is 4.09. The van der Waals surface area contributed by atoms with E-state index >= 15 is 0 Å². The third kappa shape index (κ3) is 3.61. The number of carbonyl (C=O) groups excluding carboxylic acids is 1. The molecule has 2 heterocycles. The predicted molar refractivity (Wildman–Crippen MR) is 126 cm³/mol. The van der Waals surface area contributed by atoms with E-state index in [-0.39, 0.29) is 18.0 Å². The van der Waals surface area contributed by atoms with Crippen molar-refractivity contribution >= 4 is 33.1 Å². The van der Waals surface area contributed by atoms with Crippen molar-refractivity contribution in [3.05, 3.63) is 90.9 Å². The minimum Gasteiger partial charge on any atom is -0.324 e.